The van der Waals surface area contributed by atoms with E-state index in [9.17, 15) is 17.6 Å². The molecule has 1 amide bonds. The highest BCUT2D eigenvalue weighted by Gasteiger charge is 2.33. The predicted molar refractivity (Wildman–Crippen MR) is 108 cm³/mol. The van der Waals surface area contributed by atoms with Gasteiger partial charge >= 0.3 is 0 Å². The highest BCUT2D eigenvalue weighted by atomic mass is 32.2. The first kappa shape index (κ1) is 21.3. The Labute approximate surface area is 170 Å². The van der Waals surface area contributed by atoms with Crippen molar-refractivity contribution in [2.75, 3.05) is 26.2 Å². The lowest BCUT2D eigenvalue weighted by Crippen LogP contribution is -2.53. The second-order valence-electron chi connectivity index (χ2n) is 6.99. The summed E-state index contributed by atoms with van der Waals surface area (Å²) in [4.78, 5) is 14.6. The largest absolute Gasteiger partial charge is 0.478 e. The van der Waals surface area contributed by atoms with Crippen LogP contribution in [0.3, 0.4) is 0 Å². The summed E-state index contributed by atoms with van der Waals surface area (Å²) >= 11 is 0. The quantitative estimate of drug-likeness (QED) is 0.721. The van der Waals surface area contributed by atoms with Gasteiger partial charge in [0.2, 0.25) is 10.0 Å². The third kappa shape index (κ3) is 4.76. The molecule has 1 aliphatic rings. The van der Waals surface area contributed by atoms with Gasteiger partial charge in [-0.05, 0) is 37.6 Å². The maximum Gasteiger partial charge on any atom is 0.263 e. The molecule has 0 saturated carbocycles. The van der Waals surface area contributed by atoms with Gasteiger partial charge in [0.25, 0.3) is 5.91 Å². The molecule has 0 bridgehead atoms. The lowest BCUT2D eigenvalue weighted by molar-refractivity contribution is -0.140. The minimum Gasteiger partial charge on any atom is -0.478 e. The van der Waals surface area contributed by atoms with E-state index in [2.05, 4.69) is 0 Å². The number of hydrogen-bond acceptors (Lipinski definition) is 4. The Morgan fingerprint density at radius 3 is 2.28 bits per heavy atom. The molecule has 1 fully saturated rings. The maximum atomic E-state index is 13.8. The standard InChI is InChI=1S/C21H25FN2O4S/c1-3-19(28-20-7-5-4-6-18(20)22)21(25)23-12-14-24(15-13-23)29(26,27)17-10-8-16(2)9-11-17/h4-11,19H,3,12-15H2,1-2H3/t19-/m0/s1. The molecule has 1 heterocycles. The lowest BCUT2D eigenvalue weighted by Gasteiger charge is -2.35. The highest BCUT2D eigenvalue weighted by molar-refractivity contribution is 7.89. The van der Waals surface area contributed by atoms with Crippen LogP contribution in [0.2, 0.25) is 0 Å². The first-order valence-electron chi connectivity index (χ1n) is 9.59. The van der Waals surface area contributed by atoms with Crippen LogP contribution in [0, 0.1) is 12.7 Å². The Hall–Kier alpha value is -2.45. The second-order valence-corrected chi connectivity index (χ2v) is 8.93. The van der Waals surface area contributed by atoms with Crippen molar-refractivity contribution in [3.05, 3.63) is 59.9 Å². The number of rotatable bonds is 6. The van der Waals surface area contributed by atoms with Gasteiger partial charge in [-0.2, -0.15) is 4.31 Å². The fourth-order valence-corrected chi connectivity index (χ4v) is 4.64. The van der Waals surface area contributed by atoms with Crippen LogP contribution in [0.1, 0.15) is 18.9 Å². The van der Waals surface area contributed by atoms with E-state index in [-0.39, 0.29) is 42.7 Å². The number of piperazine rings is 1. The van der Waals surface area contributed by atoms with Crippen molar-refractivity contribution >= 4 is 15.9 Å². The van der Waals surface area contributed by atoms with Crippen molar-refractivity contribution in [3.8, 4) is 5.75 Å². The summed E-state index contributed by atoms with van der Waals surface area (Å²) < 4.78 is 46.4. The topological polar surface area (TPSA) is 66.9 Å². The van der Waals surface area contributed by atoms with Crippen LogP contribution in [-0.2, 0) is 14.8 Å². The van der Waals surface area contributed by atoms with Gasteiger partial charge in [0.05, 0.1) is 4.90 Å². The number of aryl methyl sites for hydroxylation is 1. The predicted octanol–water partition coefficient (Wildman–Crippen LogP) is 2.82. The molecule has 0 radical (unpaired) electrons. The van der Waals surface area contributed by atoms with Crippen molar-refractivity contribution in [1.29, 1.82) is 0 Å². The Morgan fingerprint density at radius 2 is 1.69 bits per heavy atom. The van der Waals surface area contributed by atoms with Gasteiger partial charge < -0.3 is 9.64 Å². The molecule has 1 aliphatic heterocycles. The van der Waals surface area contributed by atoms with Crippen LogP contribution >= 0.6 is 0 Å². The fourth-order valence-electron chi connectivity index (χ4n) is 3.21. The van der Waals surface area contributed by atoms with E-state index < -0.39 is 21.9 Å². The molecule has 29 heavy (non-hydrogen) atoms. The van der Waals surface area contributed by atoms with Crippen LogP contribution in [0.4, 0.5) is 4.39 Å². The molecular formula is C21H25FN2O4S. The number of carbonyl (C=O) groups is 1. The first-order valence-corrected chi connectivity index (χ1v) is 11.0. The highest BCUT2D eigenvalue weighted by Crippen LogP contribution is 2.21. The van der Waals surface area contributed by atoms with Gasteiger partial charge in [-0.25, -0.2) is 12.8 Å². The van der Waals surface area contributed by atoms with Gasteiger partial charge in [-0.1, -0.05) is 36.8 Å². The van der Waals surface area contributed by atoms with Crippen molar-refractivity contribution < 1.29 is 22.3 Å². The Kier molecular flexibility index (Phi) is 6.54. The molecule has 0 N–H and O–H groups in total. The molecule has 0 aromatic heterocycles. The molecule has 1 atom stereocenters. The third-order valence-corrected chi connectivity index (χ3v) is 6.87. The van der Waals surface area contributed by atoms with Gasteiger partial charge in [-0.3, -0.25) is 4.79 Å². The Bertz CT molecular complexity index is 955. The summed E-state index contributed by atoms with van der Waals surface area (Å²) in [6, 6.07) is 12.7. The van der Waals surface area contributed by atoms with Crippen LogP contribution in [0.25, 0.3) is 0 Å². The van der Waals surface area contributed by atoms with Gasteiger partial charge in [0.15, 0.2) is 17.7 Å². The summed E-state index contributed by atoms with van der Waals surface area (Å²) in [5.74, 6) is -0.746. The summed E-state index contributed by atoms with van der Waals surface area (Å²) in [6.07, 6.45) is -0.429. The van der Waals surface area contributed by atoms with Crippen molar-refractivity contribution in [2.24, 2.45) is 0 Å². The van der Waals surface area contributed by atoms with Crippen molar-refractivity contribution in [1.82, 2.24) is 9.21 Å². The first-order chi connectivity index (χ1) is 13.8. The van der Waals surface area contributed by atoms with E-state index in [4.69, 9.17) is 4.74 Å². The van der Waals surface area contributed by atoms with Crippen LogP contribution in [0.5, 0.6) is 5.75 Å². The van der Waals surface area contributed by atoms with Crippen molar-refractivity contribution in [2.45, 2.75) is 31.3 Å². The fraction of sp³-hybridized carbons (Fsp3) is 0.381. The number of hydrogen-bond donors (Lipinski definition) is 0. The second kappa shape index (κ2) is 8.92. The minimum atomic E-state index is -3.59. The van der Waals surface area contributed by atoms with Crippen LogP contribution in [0.15, 0.2) is 53.4 Å². The molecule has 3 rings (SSSR count). The minimum absolute atomic E-state index is 0.0354. The van der Waals surface area contributed by atoms with E-state index in [1.54, 1.807) is 48.2 Å². The monoisotopic (exact) mass is 420 g/mol. The zero-order chi connectivity index (χ0) is 21.0. The molecule has 156 valence electrons. The molecule has 1 saturated heterocycles. The molecule has 0 spiro atoms. The summed E-state index contributed by atoms with van der Waals surface area (Å²) in [7, 11) is -3.59. The molecule has 0 unspecified atom stereocenters. The van der Waals surface area contributed by atoms with Gasteiger partial charge in [0, 0.05) is 26.2 Å². The van der Waals surface area contributed by atoms with E-state index in [0.717, 1.165) is 5.56 Å². The number of halogens is 1. The van der Waals surface area contributed by atoms with Crippen molar-refractivity contribution in [3.63, 3.8) is 0 Å². The smallest absolute Gasteiger partial charge is 0.263 e. The average molecular weight is 421 g/mol. The van der Waals surface area contributed by atoms with Gasteiger partial charge in [0.1, 0.15) is 0 Å². The SMILES string of the molecule is CC[C@H](Oc1ccccc1F)C(=O)N1CCN(S(=O)(=O)c2ccc(C)cc2)CC1. The molecule has 2 aromatic carbocycles. The number of ether oxygens (including phenoxy) is 1. The number of para-hydroxylation sites is 1. The average Bonchev–Trinajstić information content (AvgIpc) is 2.73. The lowest BCUT2D eigenvalue weighted by atomic mass is 10.2. The zero-order valence-corrected chi connectivity index (χ0v) is 17.4. The van der Waals surface area contributed by atoms with E-state index in [1.807, 2.05) is 6.92 Å². The number of carbonyl (C=O) groups excluding carboxylic acids is 1. The van der Waals surface area contributed by atoms with Crippen LogP contribution in [-0.4, -0.2) is 55.8 Å². The summed E-state index contributed by atoms with van der Waals surface area (Å²) in [5, 5.41) is 0. The maximum absolute atomic E-state index is 13.8. The Morgan fingerprint density at radius 1 is 1.07 bits per heavy atom. The zero-order valence-electron chi connectivity index (χ0n) is 16.5. The van der Waals surface area contributed by atoms with Crippen LogP contribution < -0.4 is 4.74 Å². The normalized spacial score (nSPS) is 16.4. The molecule has 0 aliphatic carbocycles. The molecular weight excluding hydrogens is 395 g/mol. The third-order valence-electron chi connectivity index (χ3n) is 4.96. The number of nitrogens with zero attached hydrogens (tertiary/aromatic N) is 2. The van der Waals surface area contributed by atoms with E-state index in [1.165, 1.54) is 16.4 Å². The van der Waals surface area contributed by atoms with Gasteiger partial charge in [-0.15, -0.1) is 0 Å². The number of sulfonamides is 1. The molecule has 8 heteroatoms. The number of amides is 1. The molecule has 6 nitrogen and oxygen atoms in total. The molecule has 2 aromatic rings. The summed E-state index contributed by atoms with van der Waals surface area (Å²) in [5.41, 5.74) is 0.986. The number of benzene rings is 2. The summed E-state index contributed by atoms with van der Waals surface area (Å²) in [6.45, 7) is 4.63. The van der Waals surface area contributed by atoms with E-state index >= 15 is 0 Å². The Balaban J connectivity index is 1.64. The van der Waals surface area contributed by atoms with E-state index in [0.29, 0.717) is 6.42 Å².